The van der Waals surface area contributed by atoms with E-state index in [0.29, 0.717) is 0 Å². The van der Waals surface area contributed by atoms with Crippen molar-refractivity contribution in [3.63, 3.8) is 0 Å². The summed E-state index contributed by atoms with van der Waals surface area (Å²) in [5.74, 6) is 0. The number of nitrogens with two attached hydrogens (primary N) is 1. The molecule has 0 aromatic rings. The van der Waals surface area contributed by atoms with E-state index in [2.05, 4.69) is 12.2 Å². The summed E-state index contributed by atoms with van der Waals surface area (Å²) < 4.78 is 0. The van der Waals surface area contributed by atoms with Gasteiger partial charge in [0.05, 0.1) is 19.3 Å². The lowest BCUT2D eigenvalue weighted by Crippen LogP contribution is -2.27. The van der Waals surface area contributed by atoms with Crippen LogP contribution in [0.4, 0.5) is 0 Å². The molecule has 0 atom stereocenters. The van der Waals surface area contributed by atoms with Crippen LogP contribution in [0, 0.1) is 0 Å². The van der Waals surface area contributed by atoms with Crippen molar-refractivity contribution in [2.45, 2.75) is 25.3 Å². The number of aliphatic hydroxyl groups excluding tert-OH is 2. The highest BCUT2D eigenvalue weighted by Crippen LogP contribution is 2.05. The number of aliphatic hydroxyl groups is 2. The zero-order valence-corrected chi connectivity index (χ0v) is 6.74. The van der Waals surface area contributed by atoms with Crippen molar-refractivity contribution in [2.75, 3.05) is 13.2 Å². The van der Waals surface area contributed by atoms with E-state index >= 15 is 0 Å². The average Bonchev–Trinajstić information content (AvgIpc) is 2.60. The van der Waals surface area contributed by atoms with E-state index < -0.39 is 6.04 Å². The summed E-state index contributed by atoms with van der Waals surface area (Å²) in [6, 6.07) is -0.454. The monoisotopic (exact) mass is 159 g/mol. The van der Waals surface area contributed by atoms with Gasteiger partial charge in [0.15, 0.2) is 0 Å². The van der Waals surface area contributed by atoms with Gasteiger partial charge in [0.1, 0.15) is 0 Å². The summed E-state index contributed by atoms with van der Waals surface area (Å²) in [7, 11) is 0. The average molecular weight is 159 g/mol. The molecule has 66 valence electrons. The first kappa shape index (κ1) is 10.6. The van der Waals surface area contributed by atoms with Crippen molar-refractivity contribution in [1.29, 1.82) is 0 Å². The van der Waals surface area contributed by atoms with Gasteiger partial charge in [-0.3, -0.25) is 0 Å². The quantitative estimate of drug-likeness (QED) is 0.498. The van der Waals surface area contributed by atoms with E-state index in [9.17, 15) is 0 Å². The highest BCUT2D eigenvalue weighted by atomic mass is 16.3. The van der Waals surface area contributed by atoms with Gasteiger partial charge in [-0.15, -0.1) is 0 Å². The van der Waals surface area contributed by atoms with Crippen molar-refractivity contribution < 1.29 is 10.2 Å². The van der Waals surface area contributed by atoms with Gasteiger partial charge < -0.3 is 15.9 Å². The second-order valence-corrected chi connectivity index (χ2v) is 2.53. The topological polar surface area (TPSA) is 66.5 Å². The molecule has 0 unspecified atom stereocenters. The molecule has 1 rings (SSSR count). The molecule has 0 aliphatic heterocycles. The van der Waals surface area contributed by atoms with Crippen LogP contribution in [0.3, 0.4) is 0 Å². The van der Waals surface area contributed by atoms with Gasteiger partial charge >= 0.3 is 0 Å². The molecule has 3 nitrogen and oxygen atoms in total. The Balaban J connectivity index is 0.000000183. The normalized spacial score (nSPS) is 14.9. The molecule has 4 N–H and O–H groups in total. The fraction of sp³-hybridized carbons (Fsp3) is 0.750. The Bertz CT molecular complexity index is 94.3. The van der Waals surface area contributed by atoms with E-state index in [1.165, 1.54) is 19.3 Å². The van der Waals surface area contributed by atoms with Gasteiger partial charge in [0.25, 0.3) is 0 Å². The molecule has 1 aliphatic rings. The number of hydrogen-bond acceptors (Lipinski definition) is 3. The van der Waals surface area contributed by atoms with Crippen LogP contribution in [0.15, 0.2) is 12.2 Å². The van der Waals surface area contributed by atoms with Crippen molar-refractivity contribution in [2.24, 2.45) is 5.73 Å². The third-order valence-electron chi connectivity index (χ3n) is 1.38. The molecular formula is C8H17NO2. The second kappa shape index (κ2) is 7.72. The first-order valence-corrected chi connectivity index (χ1v) is 3.93. The van der Waals surface area contributed by atoms with Gasteiger partial charge in [-0.05, 0) is 19.3 Å². The largest absolute Gasteiger partial charge is 0.395 e. The zero-order chi connectivity index (χ0) is 8.53. The Hall–Kier alpha value is -0.380. The van der Waals surface area contributed by atoms with E-state index in [4.69, 9.17) is 15.9 Å². The Morgan fingerprint density at radius 2 is 1.64 bits per heavy atom. The summed E-state index contributed by atoms with van der Waals surface area (Å²) in [6.45, 7) is -0.285. The third kappa shape index (κ3) is 7.52. The Morgan fingerprint density at radius 1 is 1.18 bits per heavy atom. The van der Waals surface area contributed by atoms with E-state index in [-0.39, 0.29) is 13.2 Å². The molecule has 0 amide bonds. The molecule has 0 fully saturated rings. The summed E-state index contributed by atoms with van der Waals surface area (Å²) in [4.78, 5) is 0. The lowest BCUT2D eigenvalue weighted by molar-refractivity contribution is 0.194. The number of hydrogen-bond donors (Lipinski definition) is 3. The number of allylic oxidation sites excluding steroid dienone is 2. The SMILES string of the molecule is C1=CCCC1.NC(CO)CO. The Kier molecular flexibility index (Phi) is 7.46. The highest BCUT2D eigenvalue weighted by molar-refractivity contribution is 4.88. The smallest absolute Gasteiger partial charge is 0.0605 e. The lowest BCUT2D eigenvalue weighted by atomic mass is 10.4. The van der Waals surface area contributed by atoms with Crippen LogP contribution in [0.25, 0.3) is 0 Å². The van der Waals surface area contributed by atoms with Crippen molar-refractivity contribution in [1.82, 2.24) is 0 Å². The Morgan fingerprint density at radius 3 is 1.73 bits per heavy atom. The summed E-state index contributed by atoms with van der Waals surface area (Å²) >= 11 is 0. The summed E-state index contributed by atoms with van der Waals surface area (Å²) in [5, 5.41) is 16.1. The van der Waals surface area contributed by atoms with Gasteiger partial charge in [-0.1, -0.05) is 12.2 Å². The summed E-state index contributed by atoms with van der Waals surface area (Å²) in [5.41, 5.74) is 4.97. The standard InChI is InChI=1S/C5H8.C3H9NO2/c1-2-4-5-3-1;4-3(1-5)2-6/h1-2H,3-5H2;3,5-6H,1-2,4H2. The van der Waals surface area contributed by atoms with Crippen LogP contribution in [0.1, 0.15) is 19.3 Å². The van der Waals surface area contributed by atoms with Gasteiger partial charge in [0.2, 0.25) is 0 Å². The minimum absolute atomic E-state index is 0.142. The molecular weight excluding hydrogens is 142 g/mol. The molecule has 3 heteroatoms. The highest BCUT2D eigenvalue weighted by Gasteiger charge is 1.91. The predicted molar refractivity (Wildman–Crippen MR) is 45.1 cm³/mol. The van der Waals surface area contributed by atoms with Crippen LogP contribution >= 0.6 is 0 Å². The van der Waals surface area contributed by atoms with Gasteiger partial charge in [0, 0.05) is 0 Å². The van der Waals surface area contributed by atoms with Crippen molar-refractivity contribution in [3.05, 3.63) is 12.2 Å². The molecule has 0 aromatic carbocycles. The first-order valence-electron chi connectivity index (χ1n) is 3.93. The fourth-order valence-electron chi connectivity index (χ4n) is 0.647. The lowest BCUT2D eigenvalue weighted by Gasteiger charge is -1.98. The fourth-order valence-corrected chi connectivity index (χ4v) is 0.647. The molecule has 0 bridgehead atoms. The van der Waals surface area contributed by atoms with Crippen LogP contribution in [-0.2, 0) is 0 Å². The Labute approximate surface area is 67.5 Å². The minimum Gasteiger partial charge on any atom is -0.395 e. The molecule has 0 radical (unpaired) electrons. The first-order chi connectivity index (χ1) is 5.31. The van der Waals surface area contributed by atoms with Gasteiger partial charge in [-0.2, -0.15) is 0 Å². The van der Waals surface area contributed by atoms with Crippen molar-refractivity contribution >= 4 is 0 Å². The molecule has 0 heterocycles. The maximum absolute atomic E-state index is 8.05. The number of rotatable bonds is 2. The second-order valence-electron chi connectivity index (χ2n) is 2.53. The van der Waals surface area contributed by atoms with Crippen LogP contribution in [0.2, 0.25) is 0 Å². The van der Waals surface area contributed by atoms with Crippen molar-refractivity contribution in [3.8, 4) is 0 Å². The van der Waals surface area contributed by atoms with E-state index in [1.54, 1.807) is 0 Å². The third-order valence-corrected chi connectivity index (χ3v) is 1.38. The molecule has 0 aromatic heterocycles. The van der Waals surface area contributed by atoms with E-state index in [0.717, 1.165) is 0 Å². The predicted octanol–water partition coefficient (Wildman–Crippen LogP) is 0.0248. The molecule has 0 saturated carbocycles. The van der Waals surface area contributed by atoms with Gasteiger partial charge in [-0.25, -0.2) is 0 Å². The molecule has 0 spiro atoms. The van der Waals surface area contributed by atoms with E-state index in [1.807, 2.05) is 0 Å². The summed E-state index contributed by atoms with van der Waals surface area (Å²) in [6.07, 6.45) is 8.50. The van der Waals surface area contributed by atoms with Crippen LogP contribution in [-0.4, -0.2) is 29.5 Å². The molecule has 0 saturated heterocycles. The maximum Gasteiger partial charge on any atom is 0.0605 e. The zero-order valence-electron chi connectivity index (χ0n) is 6.74. The minimum atomic E-state index is -0.454. The molecule has 1 aliphatic carbocycles. The maximum atomic E-state index is 8.05. The van der Waals surface area contributed by atoms with Crippen LogP contribution in [0.5, 0.6) is 0 Å². The molecule has 11 heavy (non-hydrogen) atoms. The van der Waals surface area contributed by atoms with Crippen LogP contribution < -0.4 is 5.73 Å².